The molecule has 1 aliphatic rings. The summed E-state index contributed by atoms with van der Waals surface area (Å²) in [6, 6.07) is -0.662. The van der Waals surface area contributed by atoms with Gasteiger partial charge in [-0.2, -0.15) is 0 Å². The monoisotopic (exact) mass is 258 g/mol. The van der Waals surface area contributed by atoms with Crippen molar-refractivity contribution < 1.29 is 19.8 Å². The Balaban J connectivity index is 2.45. The first-order valence-electron chi connectivity index (χ1n) is 6.38. The van der Waals surface area contributed by atoms with E-state index >= 15 is 0 Å². The third kappa shape index (κ3) is 4.27. The standard InChI is InChI=1S/C12H22N2O4/c1-3-4-8(2)13-11(16)7-14-6-9(15)5-10(14)12(17)18/h8-10,15H,3-7H2,1-2H3,(H,13,16)(H,17,18). The zero-order chi connectivity index (χ0) is 13.7. The summed E-state index contributed by atoms with van der Waals surface area (Å²) < 4.78 is 0. The van der Waals surface area contributed by atoms with E-state index in [0.717, 1.165) is 12.8 Å². The van der Waals surface area contributed by atoms with Gasteiger partial charge in [0.25, 0.3) is 0 Å². The molecule has 3 unspecified atom stereocenters. The molecule has 1 rings (SSSR count). The van der Waals surface area contributed by atoms with E-state index in [-0.39, 0.29) is 31.5 Å². The van der Waals surface area contributed by atoms with Crippen LogP contribution < -0.4 is 5.32 Å². The summed E-state index contributed by atoms with van der Waals surface area (Å²) >= 11 is 0. The Bertz CT molecular complexity index is 308. The molecule has 3 N–H and O–H groups in total. The second-order valence-corrected chi connectivity index (χ2v) is 4.93. The minimum atomic E-state index is -0.985. The highest BCUT2D eigenvalue weighted by atomic mass is 16.4. The van der Waals surface area contributed by atoms with E-state index in [1.807, 2.05) is 13.8 Å². The summed E-state index contributed by atoms with van der Waals surface area (Å²) in [6.07, 6.45) is 1.41. The average Bonchev–Trinajstić information content (AvgIpc) is 2.59. The molecule has 1 fully saturated rings. The van der Waals surface area contributed by atoms with Gasteiger partial charge in [-0.15, -0.1) is 0 Å². The number of amides is 1. The number of β-amino-alcohol motifs (C(OH)–C–C–N with tert-alkyl or cyclic N) is 1. The highest BCUT2D eigenvalue weighted by Gasteiger charge is 2.36. The molecular formula is C12H22N2O4. The van der Waals surface area contributed by atoms with Crippen molar-refractivity contribution in [3.63, 3.8) is 0 Å². The first-order chi connectivity index (χ1) is 8.43. The van der Waals surface area contributed by atoms with Crippen molar-refractivity contribution in [1.82, 2.24) is 10.2 Å². The van der Waals surface area contributed by atoms with Crippen LogP contribution in [0.2, 0.25) is 0 Å². The molecule has 1 amide bonds. The first-order valence-corrected chi connectivity index (χ1v) is 6.38. The number of carboxylic acid groups (broad SMARTS) is 1. The Morgan fingerprint density at radius 2 is 2.17 bits per heavy atom. The van der Waals surface area contributed by atoms with Gasteiger partial charge in [-0.05, 0) is 13.3 Å². The minimum absolute atomic E-state index is 0.0298. The van der Waals surface area contributed by atoms with Gasteiger partial charge >= 0.3 is 5.97 Å². The third-order valence-corrected chi connectivity index (χ3v) is 3.14. The van der Waals surface area contributed by atoms with E-state index in [1.165, 1.54) is 4.90 Å². The number of aliphatic carboxylic acids is 1. The summed E-state index contributed by atoms with van der Waals surface area (Å²) in [7, 11) is 0. The first kappa shape index (κ1) is 14.9. The number of rotatable bonds is 6. The van der Waals surface area contributed by atoms with Crippen LogP contribution >= 0.6 is 0 Å². The summed E-state index contributed by atoms with van der Waals surface area (Å²) in [5.74, 6) is -1.17. The summed E-state index contributed by atoms with van der Waals surface area (Å²) in [5, 5.41) is 21.3. The Morgan fingerprint density at radius 1 is 1.50 bits per heavy atom. The van der Waals surface area contributed by atoms with Crippen LogP contribution in [-0.4, -0.2) is 58.3 Å². The lowest BCUT2D eigenvalue weighted by Gasteiger charge is -2.21. The van der Waals surface area contributed by atoms with Gasteiger partial charge in [0.2, 0.25) is 5.91 Å². The fraction of sp³-hybridized carbons (Fsp3) is 0.833. The number of aliphatic hydroxyl groups excluding tert-OH is 1. The fourth-order valence-electron chi connectivity index (χ4n) is 2.32. The molecule has 0 radical (unpaired) electrons. The maximum atomic E-state index is 11.7. The molecular weight excluding hydrogens is 236 g/mol. The van der Waals surface area contributed by atoms with E-state index in [0.29, 0.717) is 0 Å². The van der Waals surface area contributed by atoms with Gasteiger partial charge < -0.3 is 15.5 Å². The molecule has 6 heteroatoms. The number of carboxylic acids is 1. The molecule has 104 valence electrons. The smallest absolute Gasteiger partial charge is 0.321 e. The van der Waals surface area contributed by atoms with Crippen molar-refractivity contribution >= 4 is 11.9 Å². The number of nitrogens with zero attached hydrogens (tertiary/aromatic N) is 1. The highest BCUT2D eigenvalue weighted by Crippen LogP contribution is 2.17. The van der Waals surface area contributed by atoms with Crippen LogP contribution in [0, 0.1) is 0 Å². The molecule has 1 saturated heterocycles. The van der Waals surface area contributed by atoms with Crippen molar-refractivity contribution in [1.29, 1.82) is 0 Å². The normalized spacial score (nSPS) is 25.9. The average molecular weight is 258 g/mol. The van der Waals surface area contributed by atoms with E-state index in [1.54, 1.807) is 0 Å². The topological polar surface area (TPSA) is 89.9 Å². The molecule has 0 saturated carbocycles. The molecule has 0 aromatic carbocycles. The zero-order valence-corrected chi connectivity index (χ0v) is 10.9. The van der Waals surface area contributed by atoms with Gasteiger partial charge in [-0.3, -0.25) is 14.5 Å². The van der Waals surface area contributed by atoms with Crippen molar-refractivity contribution in [2.45, 2.75) is 51.3 Å². The van der Waals surface area contributed by atoms with Crippen LogP contribution in [0.15, 0.2) is 0 Å². The van der Waals surface area contributed by atoms with E-state index in [2.05, 4.69) is 5.32 Å². The molecule has 1 aliphatic heterocycles. The Labute approximate surface area is 107 Å². The number of nitrogens with one attached hydrogen (secondary N) is 1. The molecule has 18 heavy (non-hydrogen) atoms. The van der Waals surface area contributed by atoms with Crippen LogP contribution in [0.3, 0.4) is 0 Å². The largest absolute Gasteiger partial charge is 0.480 e. The lowest BCUT2D eigenvalue weighted by atomic mass is 10.2. The predicted molar refractivity (Wildman–Crippen MR) is 66.1 cm³/mol. The van der Waals surface area contributed by atoms with Crippen LogP contribution in [-0.2, 0) is 9.59 Å². The summed E-state index contributed by atoms with van der Waals surface area (Å²) in [4.78, 5) is 24.2. The predicted octanol–water partition coefficient (Wildman–Crippen LogP) is -0.189. The number of hydrogen-bond donors (Lipinski definition) is 3. The minimum Gasteiger partial charge on any atom is -0.480 e. The lowest BCUT2D eigenvalue weighted by Crippen LogP contribution is -2.45. The van der Waals surface area contributed by atoms with Crippen molar-refractivity contribution in [3.8, 4) is 0 Å². The van der Waals surface area contributed by atoms with Crippen molar-refractivity contribution in [3.05, 3.63) is 0 Å². The molecule has 0 aromatic rings. The lowest BCUT2D eigenvalue weighted by molar-refractivity contribution is -0.142. The molecule has 0 aliphatic carbocycles. The second-order valence-electron chi connectivity index (χ2n) is 4.93. The van der Waals surface area contributed by atoms with E-state index in [9.17, 15) is 14.7 Å². The Morgan fingerprint density at radius 3 is 2.72 bits per heavy atom. The molecule has 6 nitrogen and oxygen atoms in total. The van der Waals surface area contributed by atoms with Gasteiger partial charge in [0.1, 0.15) is 6.04 Å². The van der Waals surface area contributed by atoms with Crippen molar-refractivity contribution in [2.24, 2.45) is 0 Å². The summed E-state index contributed by atoms with van der Waals surface area (Å²) in [5.41, 5.74) is 0. The molecule has 3 atom stereocenters. The number of likely N-dealkylation sites (tertiary alicyclic amines) is 1. The van der Waals surface area contributed by atoms with E-state index in [4.69, 9.17) is 5.11 Å². The van der Waals surface area contributed by atoms with E-state index < -0.39 is 18.1 Å². The SMILES string of the molecule is CCCC(C)NC(=O)CN1CC(O)CC1C(=O)O. The van der Waals surface area contributed by atoms with Gasteiger partial charge in [0, 0.05) is 19.0 Å². The van der Waals surface area contributed by atoms with Crippen LogP contribution in [0.5, 0.6) is 0 Å². The molecule has 0 bridgehead atoms. The number of aliphatic hydroxyl groups is 1. The second kappa shape index (κ2) is 6.70. The molecule has 1 heterocycles. The zero-order valence-electron chi connectivity index (χ0n) is 10.9. The van der Waals surface area contributed by atoms with Gasteiger partial charge in [0.05, 0.1) is 12.6 Å². The fourth-order valence-corrected chi connectivity index (χ4v) is 2.32. The van der Waals surface area contributed by atoms with Gasteiger partial charge in [-0.25, -0.2) is 0 Å². The third-order valence-electron chi connectivity index (χ3n) is 3.14. The Kier molecular flexibility index (Phi) is 5.55. The van der Waals surface area contributed by atoms with Gasteiger partial charge in [0.15, 0.2) is 0 Å². The van der Waals surface area contributed by atoms with Gasteiger partial charge in [-0.1, -0.05) is 13.3 Å². The quantitative estimate of drug-likeness (QED) is 0.614. The maximum absolute atomic E-state index is 11.7. The molecule has 0 spiro atoms. The maximum Gasteiger partial charge on any atom is 0.321 e. The molecule has 0 aromatic heterocycles. The van der Waals surface area contributed by atoms with Crippen LogP contribution in [0.4, 0.5) is 0 Å². The van der Waals surface area contributed by atoms with Crippen molar-refractivity contribution in [2.75, 3.05) is 13.1 Å². The summed E-state index contributed by atoms with van der Waals surface area (Å²) in [6.45, 7) is 4.24. The van der Waals surface area contributed by atoms with Crippen LogP contribution in [0.25, 0.3) is 0 Å². The number of carbonyl (C=O) groups is 2. The van der Waals surface area contributed by atoms with Crippen LogP contribution in [0.1, 0.15) is 33.1 Å². The Hall–Kier alpha value is -1.14. The number of carbonyl (C=O) groups excluding carboxylic acids is 1. The number of hydrogen-bond acceptors (Lipinski definition) is 4. The highest BCUT2D eigenvalue weighted by molar-refractivity contribution is 5.80.